The first-order valence-electron chi connectivity index (χ1n) is 7.23. The maximum atomic E-state index is 12.4. The van der Waals surface area contributed by atoms with Gasteiger partial charge in [0.05, 0.1) is 0 Å². The Hall–Kier alpha value is -1.51. The second kappa shape index (κ2) is 8.57. The second-order valence-corrected chi connectivity index (χ2v) is 4.60. The summed E-state index contributed by atoms with van der Waals surface area (Å²) in [4.78, 5) is 14.3. The summed E-state index contributed by atoms with van der Waals surface area (Å²) in [5.41, 5.74) is 0. The molecule has 0 fully saturated rings. The van der Waals surface area contributed by atoms with Crippen molar-refractivity contribution in [2.24, 2.45) is 0 Å². The number of likely N-dealkylation sites (N-methyl/N-ethyl adjacent to an activating group) is 1. The van der Waals surface area contributed by atoms with Crippen LogP contribution in [-0.2, 0) is 4.79 Å². The Labute approximate surface area is 116 Å². The zero-order valence-corrected chi connectivity index (χ0v) is 12.3. The normalized spacial score (nSPS) is 11.9. The van der Waals surface area contributed by atoms with Crippen LogP contribution in [0.5, 0.6) is 5.75 Å². The zero-order valence-electron chi connectivity index (χ0n) is 12.3. The lowest BCUT2D eigenvalue weighted by Gasteiger charge is -2.26. The second-order valence-electron chi connectivity index (χ2n) is 4.60. The highest BCUT2D eigenvalue weighted by atomic mass is 16.5. The lowest BCUT2D eigenvalue weighted by molar-refractivity contribution is -0.138. The number of carbonyl (C=O) groups is 1. The average Bonchev–Trinajstić information content (AvgIpc) is 2.46. The highest BCUT2D eigenvalue weighted by Gasteiger charge is 2.23. The number of hydrogen-bond acceptors (Lipinski definition) is 2. The summed E-state index contributed by atoms with van der Waals surface area (Å²) < 4.78 is 5.80. The molecular weight excluding hydrogens is 238 g/mol. The summed E-state index contributed by atoms with van der Waals surface area (Å²) in [6.07, 6.45) is 2.46. The van der Waals surface area contributed by atoms with Crippen molar-refractivity contribution in [2.45, 2.75) is 46.1 Å². The number of ether oxygens (including phenoxy) is 1. The minimum absolute atomic E-state index is 0.0994. The minimum atomic E-state index is -0.376. The van der Waals surface area contributed by atoms with Crippen molar-refractivity contribution >= 4 is 5.91 Å². The van der Waals surface area contributed by atoms with Gasteiger partial charge in [0.15, 0.2) is 6.10 Å². The van der Waals surface area contributed by atoms with Crippen LogP contribution in [0, 0.1) is 0 Å². The number of benzene rings is 1. The van der Waals surface area contributed by atoms with Gasteiger partial charge in [0.2, 0.25) is 0 Å². The molecule has 3 nitrogen and oxygen atoms in total. The standard InChI is InChI=1S/C16H25NO2/c1-4-7-13-17(6-3)16(18)15(5-2)19-14-11-9-8-10-12-14/h8-12,15H,4-7,13H2,1-3H3/t15-/m0/s1. The molecule has 0 radical (unpaired) electrons. The van der Waals surface area contributed by atoms with Gasteiger partial charge in [-0.1, -0.05) is 38.5 Å². The van der Waals surface area contributed by atoms with E-state index in [4.69, 9.17) is 4.74 Å². The van der Waals surface area contributed by atoms with Crippen molar-refractivity contribution in [1.82, 2.24) is 4.90 Å². The zero-order chi connectivity index (χ0) is 14.1. The van der Waals surface area contributed by atoms with E-state index in [1.54, 1.807) is 0 Å². The molecule has 0 saturated heterocycles. The third kappa shape index (κ3) is 4.93. The van der Waals surface area contributed by atoms with Gasteiger partial charge >= 0.3 is 0 Å². The van der Waals surface area contributed by atoms with Gasteiger partial charge in [0.25, 0.3) is 5.91 Å². The van der Waals surface area contributed by atoms with E-state index in [2.05, 4.69) is 6.92 Å². The van der Waals surface area contributed by atoms with E-state index in [1.807, 2.05) is 49.1 Å². The van der Waals surface area contributed by atoms with E-state index in [1.165, 1.54) is 0 Å². The number of amides is 1. The van der Waals surface area contributed by atoms with Crippen LogP contribution in [0.4, 0.5) is 0 Å². The van der Waals surface area contributed by atoms with E-state index < -0.39 is 0 Å². The lowest BCUT2D eigenvalue weighted by atomic mass is 10.2. The summed E-state index contributed by atoms with van der Waals surface area (Å²) in [6.45, 7) is 7.70. The smallest absolute Gasteiger partial charge is 0.263 e. The number of unbranched alkanes of at least 4 members (excludes halogenated alkanes) is 1. The first-order chi connectivity index (χ1) is 9.22. The van der Waals surface area contributed by atoms with Gasteiger partial charge in [0, 0.05) is 13.1 Å². The molecule has 0 aliphatic carbocycles. The van der Waals surface area contributed by atoms with Crippen molar-refractivity contribution in [3.8, 4) is 5.75 Å². The van der Waals surface area contributed by atoms with Crippen LogP contribution in [0.25, 0.3) is 0 Å². The molecule has 0 bridgehead atoms. The van der Waals surface area contributed by atoms with Crippen LogP contribution in [-0.4, -0.2) is 30.0 Å². The molecular formula is C16H25NO2. The Morgan fingerprint density at radius 2 is 1.89 bits per heavy atom. The Balaban J connectivity index is 2.64. The van der Waals surface area contributed by atoms with Crippen LogP contribution in [0.15, 0.2) is 30.3 Å². The highest BCUT2D eigenvalue weighted by molar-refractivity contribution is 5.81. The Morgan fingerprint density at radius 1 is 1.21 bits per heavy atom. The molecule has 0 aliphatic rings. The van der Waals surface area contributed by atoms with Crippen LogP contribution in [0.1, 0.15) is 40.0 Å². The van der Waals surface area contributed by atoms with Crippen molar-refractivity contribution in [2.75, 3.05) is 13.1 Å². The van der Waals surface area contributed by atoms with E-state index in [9.17, 15) is 4.79 Å². The monoisotopic (exact) mass is 263 g/mol. The maximum Gasteiger partial charge on any atom is 0.263 e. The molecule has 1 amide bonds. The quantitative estimate of drug-likeness (QED) is 0.718. The van der Waals surface area contributed by atoms with Crippen molar-refractivity contribution < 1.29 is 9.53 Å². The molecule has 0 unspecified atom stereocenters. The third-order valence-corrected chi connectivity index (χ3v) is 3.14. The summed E-state index contributed by atoms with van der Waals surface area (Å²) in [6, 6.07) is 9.55. The molecule has 0 spiro atoms. The predicted molar refractivity (Wildman–Crippen MR) is 78.3 cm³/mol. The molecule has 0 aliphatic heterocycles. The number of nitrogens with zero attached hydrogens (tertiary/aromatic N) is 1. The number of carbonyl (C=O) groups excluding carboxylic acids is 1. The molecule has 1 rings (SSSR count). The third-order valence-electron chi connectivity index (χ3n) is 3.14. The first kappa shape index (κ1) is 15.5. The predicted octanol–water partition coefficient (Wildman–Crippen LogP) is 3.49. The van der Waals surface area contributed by atoms with Gasteiger partial charge in [0.1, 0.15) is 5.75 Å². The van der Waals surface area contributed by atoms with Gasteiger partial charge < -0.3 is 9.64 Å². The van der Waals surface area contributed by atoms with Gasteiger partial charge in [-0.3, -0.25) is 4.79 Å². The Bertz CT molecular complexity index is 364. The largest absolute Gasteiger partial charge is 0.481 e. The van der Waals surface area contributed by atoms with Gasteiger partial charge in [-0.25, -0.2) is 0 Å². The molecule has 1 aromatic carbocycles. The summed E-state index contributed by atoms with van der Waals surface area (Å²) in [5.74, 6) is 0.858. The first-order valence-corrected chi connectivity index (χ1v) is 7.23. The summed E-state index contributed by atoms with van der Waals surface area (Å²) in [5, 5.41) is 0. The van der Waals surface area contributed by atoms with E-state index in [0.717, 1.165) is 31.7 Å². The molecule has 0 saturated carbocycles. The molecule has 106 valence electrons. The number of rotatable bonds is 8. The molecule has 19 heavy (non-hydrogen) atoms. The molecule has 0 heterocycles. The van der Waals surface area contributed by atoms with Crippen LogP contribution in [0.2, 0.25) is 0 Å². The SMILES string of the molecule is CCCCN(CC)C(=O)[C@H](CC)Oc1ccccc1. The molecule has 0 N–H and O–H groups in total. The maximum absolute atomic E-state index is 12.4. The fourth-order valence-electron chi connectivity index (χ4n) is 1.95. The highest BCUT2D eigenvalue weighted by Crippen LogP contribution is 2.14. The van der Waals surface area contributed by atoms with Crippen molar-refractivity contribution in [3.05, 3.63) is 30.3 Å². The molecule has 3 heteroatoms. The molecule has 1 aromatic rings. The Kier molecular flexibility index (Phi) is 7.01. The lowest BCUT2D eigenvalue weighted by Crippen LogP contribution is -2.42. The van der Waals surface area contributed by atoms with Crippen molar-refractivity contribution in [1.29, 1.82) is 0 Å². The fraction of sp³-hybridized carbons (Fsp3) is 0.562. The Morgan fingerprint density at radius 3 is 2.42 bits per heavy atom. The van der Waals surface area contributed by atoms with Gasteiger partial charge in [-0.05, 0) is 31.9 Å². The molecule has 0 aromatic heterocycles. The number of hydrogen-bond donors (Lipinski definition) is 0. The van der Waals surface area contributed by atoms with Crippen LogP contribution >= 0.6 is 0 Å². The topological polar surface area (TPSA) is 29.5 Å². The van der Waals surface area contributed by atoms with E-state index >= 15 is 0 Å². The van der Waals surface area contributed by atoms with Crippen LogP contribution < -0.4 is 4.74 Å². The average molecular weight is 263 g/mol. The van der Waals surface area contributed by atoms with Gasteiger partial charge in [-0.15, -0.1) is 0 Å². The molecule has 1 atom stereocenters. The number of para-hydroxylation sites is 1. The van der Waals surface area contributed by atoms with E-state index in [-0.39, 0.29) is 12.0 Å². The van der Waals surface area contributed by atoms with Crippen LogP contribution in [0.3, 0.4) is 0 Å². The minimum Gasteiger partial charge on any atom is -0.481 e. The summed E-state index contributed by atoms with van der Waals surface area (Å²) in [7, 11) is 0. The van der Waals surface area contributed by atoms with E-state index in [0.29, 0.717) is 6.42 Å². The van der Waals surface area contributed by atoms with Crippen molar-refractivity contribution in [3.63, 3.8) is 0 Å². The summed E-state index contributed by atoms with van der Waals surface area (Å²) >= 11 is 0. The van der Waals surface area contributed by atoms with Gasteiger partial charge in [-0.2, -0.15) is 0 Å². The fourth-order valence-corrected chi connectivity index (χ4v) is 1.95.